The molecule has 1 heterocycles. The van der Waals surface area contributed by atoms with Gasteiger partial charge in [-0.05, 0) is 37.4 Å². The van der Waals surface area contributed by atoms with E-state index in [-0.39, 0.29) is 17.5 Å². The zero-order valence-corrected chi connectivity index (χ0v) is 14.7. The summed E-state index contributed by atoms with van der Waals surface area (Å²) in [4.78, 5) is 14.9. The van der Waals surface area contributed by atoms with Crippen LogP contribution in [0.15, 0.2) is 24.3 Å². The molecule has 2 N–H and O–H groups in total. The Morgan fingerprint density at radius 2 is 2.21 bits per heavy atom. The van der Waals surface area contributed by atoms with Gasteiger partial charge in [-0.25, -0.2) is 4.79 Å². The third-order valence-electron chi connectivity index (χ3n) is 5.69. The summed E-state index contributed by atoms with van der Waals surface area (Å²) in [7, 11) is 1.79. The minimum Gasteiger partial charge on any atom is -0.461 e. The van der Waals surface area contributed by atoms with E-state index in [2.05, 4.69) is 11.8 Å². The van der Waals surface area contributed by atoms with Gasteiger partial charge in [-0.2, -0.15) is 0 Å². The van der Waals surface area contributed by atoms with Gasteiger partial charge in [-0.3, -0.25) is 0 Å². The van der Waals surface area contributed by atoms with Crippen LogP contribution in [0, 0.1) is 11.3 Å². The fourth-order valence-corrected chi connectivity index (χ4v) is 4.56. The monoisotopic (exact) mass is 332 g/mol. The molecule has 0 unspecified atom stereocenters. The van der Waals surface area contributed by atoms with Crippen LogP contribution in [-0.2, 0) is 9.47 Å². The number of nitrogens with zero attached hydrogens (tertiary/aromatic N) is 1. The van der Waals surface area contributed by atoms with E-state index in [0.29, 0.717) is 23.8 Å². The van der Waals surface area contributed by atoms with Crippen LogP contribution in [0.25, 0.3) is 0 Å². The van der Waals surface area contributed by atoms with Crippen LogP contribution in [0.2, 0.25) is 0 Å². The maximum absolute atomic E-state index is 12.5. The number of likely N-dealkylation sites (tertiary alicyclic amines) is 1. The number of rotatable bonds is 5. The summed E-state index contributed by atoms with van der Waals surface area (Å²) in [5, 5.41) is 0. The standard InChI is InChI=1S/C19H28N2O3/c1-3-21-11-14-7-6-10-19(12-21,17(14)23-2)13-24-18(22)15-8-4-5-9-16(15)20/h4-5,8-9,14,17H,3,6-7,10-13,20H2,1-2H3/t14-,17-,19+/m1/s1. The zero-order valence-electron chi connectivity index (χ0n) is 14.7. The molecule has 3 rings (SSSR count). The van der Waals surface area contributed by atoms with Crippen LogP contribution >= 0.6 is 0 Å². The third kappa shape index (κ3) is 3.15. The average molecular weight is 332 g/mol. The summed E-state index contributed by atoms with van der Waals surface area (Å²) < 4.78 is 11.6. The Balaban J connectivity index is 1.75. The number of para-hydroxylation sites is 1. The van der Waals surface area contributed by atoms with E-state index in [1.54, 1.807) is 25.3 Å². The first kappa shape index (κ1) is 17.2. The topological polar surface area (TPSA) is 64.8 Å². The highest BCUT2D eigenvalue weighted by atomic mass is 16.5. The number of benzene rings is 1. The molecule has 2 bridgehead atoms. The van der Waals surface area contributed by atoms with Crippen molar-refractivity contribution < 1.29 is 14.3 Å². The SMILES string of the molecule is CCN1C[C@H]2CCC[C@@](COC(=O)c3ccccc3N)(C1)[C@@H]2OC. The molecular weight excluding hydrogens is 304 g/mol. The van der Waals surface area contributed by atoms with Crippen LogP contribution in [0.5, 0.6) is 0 Å². The van der Waals surface area contributed by atoms with Gasteiger partial charge in [0.1, 0.15) is 6.61 Å². The summed E-state index contributed by atoms with van der Waals surface area (Å²) in [6, 6.07) is 7.06. The molecule has 0 radical (unpaired) electrons. The Bertz CT molecular complexity index is 592. The van der Waals surface area contributed by atoms with Crippen LogP contribution in [0.1, 0.15) is 36.5 Å². The maximum atomic E-state index is 12.5. The summed E-state index contributed by atoms with van der Waals surface area (Å²) >= 11 is 0. The number of carbonyl (C=O) groups is 1. The number of nitrogen functional groups attached to an aromatic ring is 1. The lowest BCUT2D eigenvalue weighted by atomic mass is 9.64. The van der Waals surface area contributed by atoms with Crippen molar-refractivity contribution in [3.63, 3.8) is 0 Å². The van der Waals surface area contributed by atoms with Crippen molar-refractivity contribution in [1.82, 2.24) is 4.90 Å². The second-order valence-electron chi connectivity index (χ2n) is 7.16. The normalized spacial score (nSPS) is 30.1. The summed E-state index contributed by atoms with van der Waals surface area (Å²) in [6.07, 6.45) is 3.56. The lowest BCUT2D eigenvalue weighted by Crippen LogP contribution is -2.61. The second-order valence-corrected chi connectivity index (χ2v) is 7.16. The molecule has 1 aromatic carbocycles. The van der Waals surface area contributed by atoms with Crippen LogP contribution < -0.4 is 5.73 Å². The van der Waals surface area contributed by atoms with Gasteiger partial charge in [-0.1, -0.05) is 25.5 Å². The fourth-order valence-electron chi connectivity index (χ4n) is 4.56. The van der Waals surface area contributed by atoms with E-state index in [0.717, 1.165) is 26.1 Å². The predicted molar refractivity (Wildman–Crippen MR) is 93.8 cm³/mol. The van der Waals surface area contributed by atoms with Gasteiger partial charge in [-0.15, -0.1) is 0 Å². The molecule has 5 nitrogen and oxygen atoms in total. The Labute approximate surface area is 144 Å². The Morgan fingerprint density at radius 3 is 2.92 bits per heavy atom. The van der Waals surface area contributed by atoms with Crippen molar-refractivity contribution in [3.8, 4) is 0 Å². The molecule has 1 saturated carbocycles. The fraction of sp³-hybridized carbons (Fsp3) is 0.632. The Morgan fingerprint density at radius 1 is 1.42 bits per heavy atom. The molecule has 1 aliphatic carbocycles. The minimum atomic E-state index is -0.340. The van der Waals surface area contributed by atoms with E-state index in [1.807, 2.05) is 6.07 Å². The number of nitrogens with two attached hydrogens (primary N) is 1. The van der Waals surface area contributed by atoms with E-state index >= 15 is 0 Å². The van der Waals surface area contributed by atoms with E-state index < -0.39 is 0 Å². The molecule has 24 heavy (non-hydrogen) atoms. The van der Waals surface area contributed by atoms with Crippen molar-refractivity contribution in [3.05, 3.63) is 29.8 Å². The second kappa shape index (κ2) is 7.11. The predicted octanol–water partition coefficient (Wildman–Crippen LogP) is 2.56. The molecular formula is C19H28N2O3. The molecule has 2 fully saturated rings. The molecule has 3 atom stereocenters. The first-order chi connectivity index (χ1) is 11.6. The molecule has 5 heteroatoms. The van der Waals surface area contributed by atoms with Gasteiger partial charge in [0.2, 0.25) is 0 Å². The zero-order chi connectivity index (χ0) is 17.2. The minimum absolute atomic E-state index is 0.106. The van der Waals surface area contributed by atoms with Gasteiger partial charge < -0.3 is 20.1 Å². The van der Waals surface area contributed by atoms with Gasteiger partial charge >= 0.3 is 5.97 Å². The van der Waals surface area contributed by atoms with Crippen LogP contribution in [-0.4, -0.2) is 50.3 Å². The van der Waals surface area contributed by atoms with E-state index in [1.165, 1.54) is 12.8 Å². The Hall–Kier alpha value is -1.59. The first-order valence-corrected chi connectivity index (χ1v) is 8.86. The number of hydrogen-bond acceptors (Lipinski definition) is 5. The van der Waals surface area contributed by atoms with Gasteiger partial charge in [0.25, 0.3) is 0 Å². The quantitative estimate of drug-likeness (QED) is 0.663. The Kier molecular flexibility index (Phi) is 5.11. The summed E-state index contributed by atoms with van der Waals surface area (Å²) in [5.41, 5.74) is 6.69. The van der Waals surface area contributed by atoms with Crippen molar-refractivity contribution in [2.45, 2.75) is 32.3 Å². The highest BCUT2D eigenvalue weighted by Crippen LogP contribution is 2.46. The van der Waals surface area contributed by atoms with Crippen molar-refractivity contribution in [1.29, 1.82) is 0 Å². The van der Waals surface area contributed by atoms with Gasteiger partial charge in [0.05, 0.1) is 11.7 Å². The number of carbonyl (C=O) groups excluding carboxylic acids is 1. The maximum Gasteiger partial charge on any atom is 0.340 e. The number of fused-ring (bicyclic) bond motifs is 2. The largest absolute Gasteiger partial charge is 0.461 e. The van der Waals surface area contributed by atoms with E-state index in [9.17, 15) is 4.79 Å². The lowest BCUT2D eigenvalue weighted by molar-refractivity contribution is -0.150. The number of methoxy groups -OCH3 is 1. The number of anilines is 1. The molecule has 1 saturated heterocycles. The van der Waals surface area contributed by atoms with Crippen molar-refractivity contribution >= 4 is 11.7 Å². The molecule has 1 aliphatic heterocycles. The first-order valence-electron chi connectivity index (χ1n) is 8.86. The number of hydrogen-bond donors (Lipinski definition) is 1. The molecule has 0 aromatic heterocycles. The third-order valence-corrected chi connectivity index (χ3v) is 5.69. The number of piperidine rings is 1. The van der Waals surface area contributed by atoms with Crippen molar-refractivity contribution in [2.24, 2.45) is 11.3 Å². The summed E-state index contributed by atoms with van der Waals surface area (Å²) in [6.45, 7) is 5.61. The molecule has 0 amide bonds. The highest BCUT2D eigenvalue weighted by molar-refractivity contribution is 5.94. The number of ether oxygens (including phenoxy) is 2. The van der Waals surface area contributed by atoms with E-state index in [4.69, 9.17) is 15.2 Å². The van der Waals surface area contributed by atoms with Crippen LogP contribution in [0.4, 0.5) is 5.69 Å². The highest BCUT2D eigenvalue weighted by Gasteiger charge is 2.51. The lowest BCUT2D eigenvalue weighted by Gasteiger charge is -2.54. The smallest absolute Gasteiger partial charge is 0.340 e. The van der Waals surface area contributed by atoms with Crippen molar-refractivity contribution in [2.75, 3.05) is 39.1 Å². The molecule has 2 aliphatic rings. The molecule has 1 aromatic rings. The molecule has 132 valence electrons. The van der Waals surface area contributed by atoms with Crippen LogP contribution in [0.3, 0.4) is 0 Å². The average Bonchev–Trinajstić information content (AvgIpc) is 2.59. The summed E-state index contributed by atoms with van der Waals surface area (Å²) in [5.74, 6) is 0.186. The molecule has 0 spiro atoms. The number of esters is 1. The van der Waals surface area contributed by atoms with Gasteiger partial charge in [0.15, 0.2) is 0 Å². The van der Waals surface area contributed by atoms with Gasteiger partial charge in [0, 0.05) is 31.3 Å².